The highest BCUT2D eigenvalue weighted by Crippen LogP contribution is 2.28. The lowest BCUT2D eigenvalue weighted by atomic mass is 9.90. The van der Waals surface area contributed by atoms with Crippen LogP contribution in [0.15, 0.2) is 0 Å². The predicted octanol–water partition coefficient (Wildman–Crippen LogP) is 1.15. The van der Waals surface area contributed by atoms with Crippen LogP contribution in [0.1, 0.15) is 66.7 Å². The van der Waals surface area contributed by atoms with Crippen molar-refractivity contribution in [3.05, 3.63) is 0 Å². The Kier molecular flexibility index (Phi) is 30.2. The van der Waals surface area contributed by atoms with Gasteiger partial charge >= 0.3 is 0 Å². The third kappa shape index (κ3) is 20.4. The van der Waals surface area contributed by atoms with Crippen molar-refractivity contribution in [2.45, 2.75) is 97.1 Å². The van der Waals surface area contributed by atoms with Gasteiger partial charge in [0, 0.05) is 47.3 Å². The average molecular weight is 862 g/mol. The Bertz CT molecular complexity index is 1200. The molecule has 0 radical (unpaired) electrons. The van der Waals surface area contributed by atoms with Gasteiger partial charge in [0.25, 0.3) is 0 Å². The van der Waals surface area contributed by atoms with Crippen LogP contribution in [0, 0.1) is 17.8 Å². The molecule has 7 atom stereocenters. The maximum absolute atomic E-state index is 13.7. The van der Waals surface area contributed by atoms with Crippen LogP contribution in [0.25, 0.3) is 0 Å². The van der Waals surface area contributed by atoms with Crippen molar-refractivity contribution in [3.8, 4) is 0 Å². The summed E-state index contributed by atoms with van der Waals surface area (Å²) >= 11 is 0. The molecule has 0 aromatic rings. The fourth-order valence-corrected chi connectivity index (χ4v) is 7.38. The van der Waals surface area contributed by atoms with E-state index in [4.69, 9.17) is 43.6 Å². The Balaban J connectivity index is 2.52. The molecule has 4 amide bonds. The number of likely N-dealkylation sites (tertiary alicyclic amines) is 1. The number of nitrogens with zero attached hydrogens (tertiary/aromatic N) is 3. The van der Waals surface area contributed by atoms with E-state index in [2.05, 4.69) is 5.32 Å². The number of aldehydes is 1. The van der Waals surface area contributed by atoms with Crippen LogP contribution in [0.5, 0.6) is 0 Å². The van der Waals surface area contributed by atoms with Crippen LogP contribution in [0.4, 0.5) is 0 Å². The van der Waals surface area contributed by atoms with E-state index >= 15 is 0 Å². The summed E-state index contributed by atoms with van der Waals surface area (Å²) < 4.78 is 44.2. The number of nitrogens with two attached hydrogens (primary N) is 1. The molecule has 0 aliphatic carbocycles. The molecule has 1 fully saturated rings. The van der Waals surface area contributed by atoms with Gasteiger partial charge in [0.1, 0.15) is 12.3 Å². The predicted molar refractivity (Wildman–Crippen MR) is 225 cm³/mol. The first-order valence-corrected chi connectivity index (χ1v) is 21.6. The van der Waals surface area contributed by atoms with E-state index in [0.717, 1.165) is 19.1 Å². The van der Waals surface area contributed by atoms with Crippen molar-refractivity contribution in [1.29, 1.82) is 0 Å². The number of nitrogens with one attached hydrogen (secondary N) is 1. The molecule has 7 unspecified atom stereocenters. The second-order valence-corrected chi connectivity index (χ2v) is 15.5. The minimum atomic E-state index is -0.815. The van der Waals surface area contributed by atoms with Crippen LogP contribution in [-0.2, 0) is 61.9 Å². The van der Waals surface area contributed by atoms with E-state index in [1.165, 1.54) is 12.0 Å². The molecular weight excluding hydrogens is 782 g/mol. The van der Waals surface area contributed by atoms with Crippen LogP contribution in [-0.4, -0.2) is 202 Å². The van der Waals surface area contributed by atoms with E-state index in [1.807, 2.05) is 27.7 Å². The average Bonchev–Trinajstić information content (AvgIpc) is 3.72. The third-order valence-electron chi connectivity index (χ3n) is 10.8. The zero-order chi connectivity index (χ0) is 44.9. The molecule has 1 aliphatic rings. The lowest BCUT2D eigenvalue weighted by Gasteiger charge is -2.39. The second-order valence-electron chi connectivity index (χ2n) is 15.5. The first-order valence-electron chi connectivity index (χ1n) is 21.6. The van der Waals surface area contributed by atoms with Crippen molar-refractivity contribution in [1.82, 2.24) is 20.0 Å². The molecule has 1 saturated heterocycles. The minimum absolute atomic E-state index is 0.0360. The molecule has 18 nitrogen and oxygen atoms in total. The molecule has 350 valence electrons. The normalized spacial score (nSPS) is 17.2. The number of hydrogen-bond acceptors (Lipinski definition) is 14. The number of hydrogen-bond donors (Lipinski definition) is 2. The Hall–Kier alpha value is -2.81. The fourth-order valence-electron chi connectivity index (χ4n) is 7.38. The molecule has 18 heteroatoms. The highest BCUT2D eigenvalue weighted by atomic mass is 16.6. The first kappa shape index (κ1) is 55.2. The summed E-state index contributed by atoms with van der Waals surface area (Å²) in [6.07, 6.45) is 2.17. The van der Waals surface area contributed by atoms with Crippen molar-refractivity contribution in [2.24, 2.45) is 23.5 Å². The smallest absolute Gasteiger partial charge is 0.243 e. The van der Waals surface area contributed by atoms with E-state index in [9.17, 15) is 24.0 Å². The molecule has 60 heavy (non-hydrogen) atoms. The van der Waals surface area contributed by atoms with Crippen LogP contribution in [0.2, 0.25) is 0 Å². The van der Waals surface area contributed by atoms with Crippen LogP contribution >= 0.6 is 0 Å². The minimum Gasteiger partial charge on any atom is -0.379 e. The third-order valence-corrected chi connectivity index (χ3v) is 10.8. The number of carbonyl (C=O) groups is 5. The van der Waals surface area contributed by atoms with Gasteiger partial charge in [0.05, 0.1) is 123 Å². The Morgan fingerprint density at radius 3 is 1.73 bits per heavy atom. The largest absolute Gasteiger partial charge is 0.379 e. The maximum atomic E-state index is 13.7. The number of likely N-dealkylation sites (N-methyl/N-ethyl adjacent to an activating group) is 2. The lowest BCUT2D eigenvalue weighted by Crippen LogP contribution is -2.55. The van der Waals surface area contributed by atoms with Gasteiger partial charge in [-0.3, -0.25) is 19.2 Å². The van der Waals surface area contributed by atoms with Gasteiger partial charge in [0.2, 0.25) is 23.6 Å². The Labute approximate surface area is 359 Å². The summed E-state index contributed by atoms with van der Waals surface area (Å²) in [5, 5.41) is 2.75. The second kappa shape index (κ2) is 32.8. The summed E-state index contributed by atoms with van der Waals surface area (Å²) in [6.45, 7) is 15.2. The number of ether oxygens (including phenoxy) is 8. The van der Waals surface area contributed by atoms with Crippen molar-refractivity contribution in [3.63, 3.8) is 0 Å². The molecule has 0 bridgehead atoms. The van der Waals surface area contributed by atoms with Crippen molar-refractivity contribution in [2.75, 3.05) is 127 Å². The molecule has 0 aromatic heterocycles. The van der Waals surface area contributed by atoms with Gasteiger partial charge in [-0.2, -0.15) is 0 Å². The Morgan fingerprint density at radius 1 is 0.767 bits per heavy atom. The summed E-state index contributed by atoms with van der Waals surface area (Å²) in [5.41, 5.74) is 5.35. The number of methoxy groups -OCH3 is 2. The summed E-state index contributed by atoms with van der Waals surface area (Å²) in [7, 11) is 6.31. The topological polar surface area (TPSA) is 207 Å². The van der Waals surface area contributed by atoms with Crippen LogP contribution in [0.3, 0.4) is 0 Å². The highest BCUT2D eigenvalue weighted by Gasteiger charge is 2.40. The molecule has 1 rings (SSSR count). The van der Waals surface area contributed by atoms with Gasteiger partial charge in [-0.1, -0.05) is 41.0 Å². The van der Waals surface area contributed by atoms with E-state index in [1.54, 1.807) is 37.9 Å². The maximum Gasteiger partial charge on any atom is 0.243 e. The molecule has 1 aliphatic heterocycles. The molecule has 0 saturated carbocycles. The standard InChI is InChI=1S/C42H79N5O13/c1-10-32(4)40(35(53-8)28-37(50)47-15-11-12-34(47)41(54-9)33(5)30-48)46(7)38(51)29-44-42(52)39(31(2)3)45(6)36(49)13-16-55-18-20-57-22-24-59-26-27-60-25-23-58-21-19-56-17-14-43/h30-35,39-41H,10-29,43H2,1-9H3,(H,44,52). The first-order chi connectivity index (χ1) is 28.8. The van der Waals surface area contributed by atoms with E-state index < -0.39 is 30.2 Å². The SMILES string of the molecule is CCC(C)C(C(CC(=O)N1CCCC1C(OC)C(C)C=O)OC)N(C)C(=O)CNC(=O)C(C(C)C)N(C)C(=O)CCOCCOCCOCCOCCOCCOCCN. The van der Waals surface area contributed by atoms with Gasteiger partial charge in [-0.15, -0.1) is 0 Å². The summed E-state index contributed by atoms with van der Waals surface area (Å²) in [6, 6.07) is -1.51. The van der Waals surface area contributed by atoms with Gasteiger partial charge in [-0.05, 0) is 24.7 Å². The van der Waals surface area contributed by atoms with Gasteiger partial charge in [-0.25, -0.2) is 0 Å². The zero-order valence-electron chi connectivity index (χ0n) is 38.1. The van der Waals surface area contributed by atoms with Crippen molar-refractivity contribution < 1.29 is 61.9 Å². The highest BCUT2D eigenvalue weighted by molar-refractivity contribution is 5.90. The molecular formula is C42H79N5O13. The molecule has 3 N–H and O–H groups in total. The van der Waals surface area contributed by atoms with Gasteiger partial charge < -0.3 is 68.4 Å². The monoisotopic (exact) mass is 862 g/mol. The van der Waals surface area contributed by atoms with E-state index in [-0.39, 0.29) is 67.5 Å². The van der Waals surface area contributed by atoms with Crippen LogP contribution < -0.4 is 11.1 Å². The summed E-state index contributed by atoms with van der Waals surface area (Å²) in [4.78, 5) is 70.2. The van der Waals surface area contributed by atoms with Gasteiger partial charge in [0.15, 0.2) is 0 Å². The Morgan fingerprint density at radius 2 is 1.28 bits per heavy atom. The number of amides is 4. The van der Waals surface area contributed by atoms with Crippen molar-refractivity contribution >= 4 is 29.9 Å². The zero-order valence-corrected chi connectivity index (χ0v) is 38.1. The number of carbonyl (C=O) groups excluding carboxylic acids is 5. The lowest BCUT2D eigenvalue weighted by molar-refractivity contribution is -0.145. The molecule has 0 spiro atoms. The van der Waals surface area contributed by atoms with E-state index in [0.29, 0.717) is 92.2 Å². The molecule has 0 aromatic carbocycles. The quantitative estimate of drug-likeness (QED) is 0.0670. The molecule has 1 heterocycles. The fraction of sp³-hybridized carbons (Fsp3) is 0.881. The summed E-state index contributed by atoms with van der Waals surface area (Å²) in [5.74, 6) is -1.85. The number of rotatable bonds is 36.